The molecule has 7 rings (SSSR count). The molecule has 2 aliphatic rings. The predicted molar refractivity (Wildman–Crippen MR) is 183 cm³/mol. The van der Waals surface area contributed by atoms with Crippen molar-refractivity contribution in [2.24, 2.45) is 5.92 Å². The zero-order valence-electron chi connectivity index (χ0n) is 24.8. The molecule has 0 aliphatic carbocycles. The Bertz CT molecular complexity index is 1800. The quantitative estimate of drug-likeness (QED) is 0.203. The second-order valence-corrected chi connectivity index (χ2v) is 12.8. The van der Waals surface area contributed by atoms with E-state index in [4.69, 9.17) is 28.8 Å². The lowest BCUT2D eigenvalue weighted by Gasteiger charge is -2.33. The largest absolute Gasteiger partial charge is 0.370 e. The fourth-order valence-electron chi connectivity index (χ4n) is 6.96. The van der Waals surface area contributed by atoms with Gasteiger partial charge in [0.15, 0.2) is 5.11 Å². The van der Waals surface area contributed by atoms with Gasteiger partial charge in [-0.15, -0.1) is 0 Å². The number of thiocarbonyl (C=S) groups is 1. The van der Waals surface area contributed by atoms with Gasteiger partial charge in [0.25, 0.3) is 0 Å². The van der Waals surface area contributed by atoms with Crippen LogP contribution in [0.3, 0.4) is 0 Å². The Hall–Kier alpha value is -3.87. The summed E-state index contributed by atoms with van der Waals surface area (Å²) in [5.74, 6) is 0.763. The first-order valence-electron chi connectivity index (χ1n) is 15.1. The van der Waals surface area contributed by atoms with Gasteiger partial charge in [0.1, 0.15) is 0 Å². The van der Waals surface area contributed by atoms with E-state index in [-0.39, 0.29) is 12.1 Å². The molecule has 5 aromatic rings. The molecule has 0 radical (unpaired) electrons. The number of aryl methyl sites for hydroxylation is 1. The van der Waals surface area contributed by atoms with Crippen molar-refractivity contribution < 1.29 is 0 Å². The van der Waals surface area contributed by atoms with Gasteiger partial charge in [-0.1, -0.05) is 61.0 Å². The van der Waals surface area contributed by atoms with Crippen molar-refractivity contribution in [1.29, 1.82) is 0 Å². The fourth-order valence-corrected chi connectivity index (χ4v) is 7.60. The number of nitrogens with one attached hydrogen (secondary N) is 1. The summed E-state index contributed by atoms with van der Waals surface area (Å²) in [6.07, 6.45) is 4.24. The Balaban J connectivity index is 1.34. The number of aromatic nitrogens is 2. The second kappa shape index (κ2) is 11.3. The van der Waals surface area contributed by atoms with Crippen LogP contribution in [0.4, 0.5) is 11.4 Å². The number of hydrogen-bond donors (Lipinski definition) is 1. The van der Waals surface area contributed by atoms with Gasteiger partial charge >= 0.3 is 0 Å². The van der Waals surface area contributed by atoms with Gasteiger partial charge in [0.05, 0.1) is 34.2 Å². The lowest BCUT2D eigenvalue weighted by atomic mass is 9.96. The molecule has 0 spiro atoms. The minimum atomic E-state index is -0.128. The average molecular weight is 606 g/mol. The lowest BCUT2D eigenvalue weighted by Crippen LogP contribution is -2.33. The van der Waals surface area contributed by atoms with Gasteiger partial charge in [-0.2, -0.15) is 0 Å². The van der Waals surface area contributed by atoms with Crippen molar-refractivity contribution in [1.82, 2.24) is 14.9 Å². The minimum Gasteiger partial charge on any atom is -0.370 e. The monoisotopic (exact) mass is 605 g/mol. The number of rotatable bonds is 5. The van der Waals surface area contributed by atoms with Crippen LogP contribution in [-0.4, -0.2) is 27.8 Å². The third-order valence-corrected chi connectivity index (χ3v) is 9.85. The lowest BCUT2D eigenvalue weighted by molar-refractivity contribution is 0.438. The number of halogens is 1. The Kier molecular flexibility index (Phi) is 7.36. The number of hydrogen-bond acceptors (Lipinski definition) is 3. The molecule has 1 N–H and O–H groups in total. The summed E-state index contributed by atoms with van der Waals surface area (Å²) in [4.78, 5) is 9.42. The van der Waals surface area contributed by atoms with Crippen LogP contribution in [0.5, 0.6) is 0 Å². The smallest absolute Gasteiger partial charge is 0.174 e. The van der Waals surface area contributed by atoms with E-state index in [1.165, 1.54) is 46.3 Å². The maximum atomic E-state index is 7.02. The summed E-state index contributed by atoms with van der Waals surface area (Å²) in [6.45, 7) is 8.80. The van der Waals surface area contributed by atoms with Crippen LogP contribution in [0, 0.1) is 19.8 Å². The Labute approximate surface area is 264 Å². The topological polar surface area (TPSA) is 36.3 Å². The molecular formula is C36H36ClN5S. The molecule has 7 heteroatoms. The van der Waals surface area contributed by atoms with Crippen molar-refractivity contribution in [3.8, 4) is 5.69 Å². The standard InChI is InChI=1S/C36H36ClN5S/c1-23-16-19-40(20-17-23)33-15-14-27(22-30(33)37)42-35(34(39-36(42)43)31-12-6-7-18-38-31)29-21-24(2)41(25(29)3)32-13-8-10-26-9-4-5-11-28(26)32/h4-15,18,21-23,34-35H,16-17,19-20H2,1-3H3,(H,39,43). The number of anilines is 2. The van der Waals surface area contributed by atoms with Gasteiger partial charge in [-0.05, 0) is 98.2 Å². The maximum Gasteiger partial charge on any atom is 0.174 e. The highest BCUT2D eigenvalue weighted by Crippen LogP contribution is 2.45. The molecule has 0 saturated carbocycles. The molecule has 43 heavy (non-hydrogen) atoms. The van der Waals surface area contributed by atoms with Crippen LogP contribution < -0.4 is 15.1 Å². The van der Waals surface area contributed by atoms with E-state index in [9.17, 15) is 0 Å². The van der Waals surface area contributed by atoms with E-state index in [1.54, 1.807) is 0 Å². The highest BCUT2D eigenvalue weighted by Gasteiger charge is 2.42. The fraction of sp³-hybridized carbons (Fsp3) is 0.278. The first kappa shape index (κ1) is 27.9. The minimum absolute atomic E-state index is 0.116. The molecule has 2 unspecified atom stereocenters. The van der Waals surface area contributed by atoms with E-state index in [0.717, 1.165) is 41.1 Å². The van der Waals surface area contributed by atoms with Crippen LogP contribution in [0.15, 0.2) is 91.1 Å². The summed E-state index contributed by atoms with van der Waals surface area (Å²) in [7, 11) is 0. The average Bonchev–Trinajstić information content (AvgIpc) is 3.52. The molecule has 2 fully saturated rings. The zero-order valence-corrected chi connectivity index (χ0v) is 26.4. The molecule has 0 bridgehead atoms. The van der Waals surface area contributed by atoms with E-state index in [2.05, 4.69) is 113 Å². The van der Waals surface area contributed by atoms with Gasteiger partial charge in [-0.25, -0.2) is 0 Å². The molecular weight excluding hydrogens is 570 g/mol. The Morgan fingerprint density at radius 1 is 0.884 bits per heavy atom. The summed E-state index contributed by atoms with van der Waals surface area (Å²) in [6, 6.07) is 29.6. The van der Waals surface area contributed by atoms with Crippen molar-refractivity contribution in [2.45, 2.75) is 45.7 Å². The van der Waals surface area contributed by atoms with Crippen molar-refractivity contribution in [3.63, 3.8) is 0 Å². The molecule has 5 nitrogen and oxygen atoms in total. The molecule has 2 atom stereocenters. The van der Waals surface area contributed by atoms with E-state index < -0.39 is 0 Å². The number of pyridine rings is 1. The molecule has 2 aromatic heterocycles. The van der Waals surface area contributed by atoms with Crippen LogP contribution in [0.2, 0.25) is 5.02 Å². The molecule has 3 aromatic carbocycles. The Morgan fingerprint density at radius 3 is 2.42 bits per heavy atom. The van der Waals surface area contributed by atoms with Crippen LogP contribution in [-0.2, 0) is 0 Å². The van der Waals surface area contributed by atoms with E-state index in [1.807, 2.05) is 18.3 Å². The predicted octanol–water partition coefficient (Wildman–Crippen LogP) is 8.71. The molecule has 218 valence electrons. The van der Waals surface area contributed by atoms with Gasteiger partial charge in [0.2, 0.25) is 0 Å². The highest BCUT2D eigenvalue weighted by atomic mass is 35.5. The third kappa shape index (κ3) is 4.96. The first-order valence-corrected chi connectivity index (χ1v) is 15.9. The summed E-state index contributed by atoms with van der Waals surface area (Å²) < 4.78 is 2.38. The summed E-state index contributed by atoms with van der Waals surface area (Å²) in [5.41, 5.74) is 7.78. The van der Waals surface area contributed by atoms with Crippen LogP contribution >= 0.6 is 23.8 Å². The second-order valence-electron chi connectivity index (χ2n) is 12.0. The molecule has 2 saturated heterocycles. The summed E-state index contributed by atoms with van der Waals surface area (Å²) >= 11 is 13.1. The van der Waals surface area contributed by atoms with Crippen LogP contribution in [0.1, 0.15) is 54.5 Å². The SMILES string of the molecule is Cc1cc(C2C(c3ccccn3)NC(=S)N2c2ccc(N3CCC(C)CC3)c(Cl)c2)c(C)n1-c1cccc2ccccc12. The number of piperidine rings is 1. The molecule has 4 heterocycles. The molecule has 0 amide bonds. The van der Waals surface area contributed by atoms with Crippen molar-refractivity contribution >= 4 is 51.1 Å². The van der Waals surface area contributed by atoms with Gasteiger partial charge < -0.3 is 19.7 Å². The highest BCUT2D eigenvalue weighted by molar-refractivity contribution is 7.80. The van der Waals surface area contributed by atoms with Crippen LogP contribution in [0.25, 0.3) is 16.5 Å². The zero-order chi connectivity index (χ0) is 29.7. The van der Waals surface area contributed by atoms with E-state index in [0.29, 0.717) is 5.11 Å². The number of benzene rings is 3. The maximum absolute atomic E-state index is 7.02. The molecule has 2 aliphatic heterocycles. The first-order chi connectivity index (χ1) is 20.9. The number of nitrogens with zero attached hydrogens (tertiary/aromatic N) is 4. The van der Waals surface area contributed by atoms with Gasteiger partial charge in [-0.3, -0.25) is 4.98 Å². The Morgan fingerprint density at radius 2 is 1.65 bits per heavy atom. The van der Waals surface area contributed by atoms with Gasteiger partial charge in [0, 0.05) is 41.7 Å². The van der Waals surface area contributed by atoms with E-state index >= 15 is 0 Å². The van der Waals surface area contributed by atoms with Crippen molar-refractivity contribution in [2.75, 3.05) is 22.9 Å². The van der Waals surface area contributed by atoms with Crippen molar-refractivity contribution in [3.05, 3.63) is 119 Å². The normalized spacial score (nSPS) is 19.3. The number of fused-ring (bicyclic) bond motifs is 1. The summed E-state index contributed by atoms with van der Waals surface area (Å²) in [5, 5.41) is 7.51. The third-order valence-electron chi connectivity index (χ3n) is 9.23.